The van der Waals surface area contributed by atoms with Gasteiger partial charge in [-0.1, -0.05) is 6.92 Å². The van der Waals surface area contributed by atoms with Crippen LogP contribution in [0.5, 0.6) is 0 Å². The highest BCUT2D eigenvalue weighted by molar-refractivity contribution is 5.76. The molecule has 2 heteroatoms. The highest BCUT2D eigenvalue weighted by atomic mass is 16.5. The van der Waals surface area contributed by atoms with Crippen LogP contribution in [0.1, 0.15) is 52.9 Å². The molecule has 3 fully saturated rings. The molecule has 5 unspecified atom stereocenters. The van der Waals surface area contributed by atoms with E-state index in [9.17, 15) is 4.79 Å². The summed E-state index contributed by atoms with van der Waals surface area (Å²) in [5.41, 5.74) is -0.306. The number of esters is 1. The van der Waals surface area contributed by atoms with Crippen molar-refractivity contribution in [3.8, 4) is 0 Å². The summed E-state index contributed by atoms with van der Waals surface area (Å²) in [6, 6.07) is 0. The van der Waals surface area contributed by atoms with Crippen molar-refractivity contribution < 1.29 is 9.53 Å². The summed E-state index contributed by atoms with van der Waals surface area (Å²) in [6.45, 7) is 6.06. The smallest absolute Gasteiger partial charge is 0.311 e. The Morgan fingerprint density at radius 3 is 2.65 bits per heavy atom. The molecule has 0 spiro atoms. The van der Waals surface area contributed by atoms with Crippen LogP contribution in [0.3, 0.4) is 0 Å². The normalized spacial score (nSPS) is 43.1. The fourth-order valence-electron chi connectivity index (χ4n) is 4.32. The van der Waals surface area contributed by atoms with Gasteiger partial charge in [0.1, 0.15) is 6.10 Å². The molecule has 0 saturated heterocycles. The predicted octanol–water partition coefficient (Wildman–Crippen LogP) is 3.40. The number of fused-ring (bicyclic) bond motifs is 1. The maximum absolute atomic E-state index is 12.2. The van der Waals surface area contributed by atoms with Crippen molar-refractivity contribution in [2.75, 3.05) is 0 Å². The zero-order valence-electron chi connectivity index (χ0n) is 11.2. The minimum Gasteiger partial charge on any atom is -0.461 e. The van der Waals surface area contributed by atoms with Crippen LogP contribution < -0.4 is 0 Å². The molecule has 3 aliphatic rings. The average molecular weight is 236 g/mol. The largest absolute Gasteiger partial charge is 0.461 e. The van der Waals surface area contributed by atoms with E-state index in [-0.39, 0.29) is 17.5 Å². The number of rotatable bonds is 3. The average Bonchev–Trinajstić information content (AvgIpc) is 2.89. The molecule has 0 heterocycles. The van der Waals surface area contributed by atoms with Crippen molar-refractivity contribution in [3.05, 3.63) is 0 Å². The Labute approximate surface area is 104 Å². The lowest BCUT2D eigenvalue weighted by Gasteiger charge is -2.31. The molecule has 0 amide bonds. The summed E-state index contributed by atoms with van der Waals surface area (Å²) in [4.78, 5) is 12.2. The minimum atomic E-state index is -0.306. The van der Waals surface area contributed by atoms with Crippen LogP contribution in [-0.4, -0.2) is 12.1 Å². The van der Waals surface area contributed by atoms with Gasteiger partial charge >= 0.3 is 5.97 Å². The second-order valence-electron chi connectivity index (χ2n) is 7.00. The summed E-state index contributed by atoms with van der Waals surface area (Å²) < 4.78 is 5.89. The van der Waals surface area contributed by atoms with E-state index >= 15 is 0 Å². The monoisotopic (exact) mass is 236 g/mol. The Morgan fingerprint density at radius 2 is 1.94 bits per heavy atom. The Balaban J connectivity index is 1.69. The van der Waals surface area contributed by atoms with Crippen LogP contribution >= 0.6 is 0 Å². The van der Waals surface area contributed by atoms with Crippen LogP contribution in [0.15, 0.2) is 0 Å². The number of carbonyl (C=O) groups excluding carboxylic acids is 1. The van der Waals surface area contributed by atoms with E-state index in [1.165, 1.54) is 25.7 Å². The highest BCUT2D eigenvalue weighted by Crippen LogP contribution is 2.60. The summed E-state index contributed by atoms with van der Waals surface area (Å²) in [5.74, 6) is 3.28. The lowest BCUT2D eigenvalue weighted by molar-refractivity contribution is -0.165. The first-order valence-electron chi connectivity index (χ1n) is 7.24. The van der Waals surface area contributed by atoms with Crippen molar-refractivity contribution in [1.82, 2.24) is 0 Å². The summed E-state index contributed by atoms with van der Waals surface area (Å²) in [6.07, 6.45) is 6.47. The molecule has 0 aromatic carbocycles. The van der Waals surface area contributed by atoms with Crippen LogP contribution in [0.4, 0.5) is 0 Å². The zero-order valence-corrected chi connectivity index (χ0v) is 11.2. The number of carbonyl (C=O) groups is 1. The van der Waals surface area contributed by atoms with Crippen molar-refractivity contribution in [1.29, 1.82) is 0 Å². The van der Waals surface area contributed by atoms with Gasteiger partial charge in [-0.25, -0.2) is 0 Å². The van der Waals surface area contributed by atoms with Gasteiger partial charge in [-0.3, -0.25) is 4.79 Å². The summed E-state index contributed by atoms with van der Waals surface area (Å²) in [7, 11) is 0. The molecule has 0 radical (unpaired) electrons. The third-order valence-electron chi connectivity index (χ3n) is 5.77. The van der Waals surface area contributed by atoms with Gasteiger partial charge in [-0.15, -0.1) is 0 Å². The van der Waals surface area contributed by atoms with Gasteiger partial charge < -0.3 is 4.74 Å². The van der Waals surface area contributed by atoms with Gasteiger partial charge in [0.15, 0.2) is 0 Å². The Bertz CT molecular complexity index is 332. The van der Waals surface area contributed by atoms with Crippen LogP contribution in [0.25, 0.3) is 0 Å². The zero-order chi connectivity index (χ0) is 12.2. The molecule has 3 saturated carbocycles. The maximum Gasteiger partial charge on any atom is 0.311 e. The second-order valence-corrected chi connectivity index (χ2v) is 7.00. The Morgan fingerprint density at radius 1 is 1.18 bits per heavy atom. The van der Waals surface area contributed by atoms with Gasteiger partial charge in [-0.2, -0.15) is 0 Å². The lowest BCUT2D eigenvalue weighted by atomic mass is 9.86. The van der Waals surface area contributed by atoms with E-state index in [0.29, 0.717) is 11.8 Å². The molecule has 3 rings (SSSR count). The summed E-state index contributed by atoms with van der Waals surface area (Å²) in [5, 5.41) is 0. The first-order chi connectivity index (χ1) is 8.03. The first kappa shape index (κ1) is 11.6. The Hall–Kier alpha value is -0.530. The highest BCUT2D eigenvalue weighted by Gasteiger charge is 2.57. The van der Waals surface area contributed by atoms with E-state index in [0.717, 1.165) is 18.3 Å². The molecule has 2 bridgehead atoms. The summed E-state index contributed by atoms with van der Waals surface area (Å²) >= 11 is 0. The third kappa shape index (κ3) is 1.63. The van der Waals surface area contributed by atoms with Gasteiger partial charge in [0.2, 0.25) is 0 Å². The fourth-order valence-corrected chi connectivity index (χ4v) is 4.32. The quantitative estimate of drug-likeness (QED) is 0.702. The molecule has 0 aromatic heterocycles. The topological polar surface area (TPSA) is 26.3 Å². The van der Waals surface area contributed by atoms with Crippen LogP contribution in [-0.2, 0) is 9.53 Å². The number of hydrogen-bond acceptors (Lipinski definition) is 2. The lowest BCUT2D eigenvalue weighted by Crippen LogP contribution is -2.36. The minimum absolute atomic E-state index is 0.0287. The van der Waals surface area contributed by atoms with Gasteiger partial charge in [0.05, 0.1) is 5.41 Å². The van der Waals surface area contributed by atoms with Crippen LogP contribution in [0, 0.1) is 29.1 Å². The second kappa shape index (κ2) is 3.73. The van der Waals surface area contributed by atoms with E-state index in [1.54, 1.807) is 0 Å². The van der Waals surface area contributed by atoms with E-state index in [1.807, 2.05) is 13.8 Å². The van der Waals surface area contributed by atoms with Crippen molar-refractivity contribution >= 4 is 5.97 Å². The van der Waals surface area contributed by atoms with Crippen molar-refractivity contribution in [3.63, 3.8) is 0 Å². The van der Waals surface area contributed by atoms with Gasteiger partial charge in [0.25, 0.3) is 0 Å². The standard InChI is InChI=1S/C15H24O2/c1-4-15(2,3)14(16)17-13-10-7-9-5-6-11(13)12(9)8-10/h9-13H,4-8H2,1-3H3. The molecule has 0 N–H and O–H groups in total. The molecule has 0 aliphatic heterocycles. The molecule has 0 aromatic rings. The van der Waals surface area contributed by atoms with Crippen LogP contribution in [0.2, 0.25) is 0 Å². The molecular formula is C15H24O2. The van der Waals surface area contributed by atoms with E-state index in [4.69, 9.17) is 4.74 Å². The van der Waals surface area contributed by atoms with E-state index in [2.05, 4.69) is 6.92 Å². The predicted molar refractivity (Wildman–Crippen MR) is 66.4 cm³/mol. The molecule has 3 aliphatic carbocycles. The van der Waals surface area contributed by atoms with Crippen molar-refractivity contribution in [2.24, 2.45) is 29.1 Å². The maximum atomic E-state index is 12.2. The number of ether oxygens (including phenoxy) is 1. The van der Waals surface area contributed by atoms with E-state index < -0.39 is 0 Å². The third-order valence-corrected chi connectivity index (χ3v) is 5.77. The first-order valence-corrected chi connectivity index (χ1v) is 7.24. The molecule has 96 valence electrons. The van der Waals surface area contributed by atoms with Crippen molar-refractivity contribution in [2.45, 2.75) is 59.0 Å². The molecule has 17 heavy (non-hydrogen) atoms. The van der Waals surface area contributed by atoms with Gasteiger partial charge in [-0.05, 0) is 69.6 Å². The van der Waals surface area contributed by atoms with Gasteiger partial charge in [0, 0.05) is 0 Å². The molecule has 5 atom stereocenters. The Kier molecular flexibility index (Phi) is 2.53. The SMILES string of the molecule is CCC(C)(C)C(=O)OC1C2CC3CCC1C3C2. The molecular weight excluding hydrogens is 212 g/mol. The number of hydrogen-bond donors (Lipinski definition) is 0. The molecule has 2 nitrogen and oxygen atoms in total. The fraction of sp³-hybridized carbons (Fsp3) is 0.933.